The van der Waals surface area contributed by atoms with Gasteiger partial charge in [0.1, 0.15) is 24.5 Å². The van der Waals surface area contributed by atoms with Crippen molar-refractivity contribution in [2.24, 2.45) is 11.3 Å². The number of carbonyl (C=O) groups is 5. The Labute approximate surface area is 457 Å². The highest BCUT2D eigenvalue weighted by atomic mass is 32.2. The van der Waals surface area contributed by atoms with E-state index in [1.165, 1.54) is 16.8 Å². The van der Waals surface area contributed by atoms with E-state index in [-0.39, 0.29) is 68.0 Å². The van der Waals surface area contributed by atoms with Crippen molar-refractivity contribution < 1.29 is 61.4 Å². The molecule has 1 fully saturated rings. The number of methoxy groups -OCH3 is 2. The molecule has 4 atom stereocenters. The van der Waals surface area contributed by atoms with Crippen LogP contribution in [0.5, 0.6) is 17.2 Å². The molecule has 78 heavy (non-hydrogen) atoms. The summed E-state index contributed by atoms with van der Waals surface area (Å²) >= 11 is 0. The van der Waals surface area contributed by atoms with E-state index in [0.717, 1.165) is 39.7 Å². The van der Waals surface area contributed by atoms with E-state index < -0.39 is 74.9 Å². The van der Waals surface area contributed by atoms with E-state index in [0.29, 0.717) is 61.3 Å². The average Bonchev–Trinajstić information content (AvgIpc) is 3.46. The average molecular weight is 1100 g/mol. The van der Waals surface area contributed by atoms with Crippen LogP contribution >= 0.6 is 0 Å². The minimum absolute atomic E-state index is 0.00799. The summed E-state index contributed by atoms with van der Waals surface area (Å²) in [6.45, 7) is 8.96. The third-order valence-corrected chi connectivity index (χ3v) is 15.6. The predicted octanol–water partition coefficient (Wildman–Crippen LogP) is 7.06. The fraction of sp³-hybridized carbons (Fsp3) is 0.491. The normalized spacial score (nSPS) is 14.9. The lowest BCUT2D eigenvalue weighted by molar-refractivity contribution is -0.384. The van der Waals surface area contributed by atoms with Crippen molar-refractivity contribution in [2.75, 3.05) is 60.6 Å². The van der Waals surface area contributed by atoms with Crippen LogP contribution in [0, 0.1) is 21.4 Å². The minimum Gasteiger partial charge on any atom is -0.493 e. The summed E-state index contributed by atoms with van der Waals surface area (Å²) in [5, 5.41) is 28.5. The summed E-state index contributed by atoms with van der Waals surface area (Å²) in [7, 11) is 0.357. The first kappa shape index (κ1) is 61.7. The summed E-state index contributed by atoms with van der Waals surface area (Å²) in [5.74, 6) is -0.821. The first-order valence-electron chi connectivity index (χ1n) is 26.3. The Kier molecular flexibility index (Phi) is 23.0. The minimum atomic E-state index is -4.23. The Balaban J connectivity index is 1.20. The van der Waals surface area contributed by atoms with Gasteiger partial charge in [-0.05, 0) is 104 Å². The molecule has 4 aromatic carbocycles. The summed E-state index contributed by atoms with van der Waals surface area (Å²) in [5.41, 5.74) is 1.13. The number of aliphatic hydroxyl groups is 1. The number of carbonyl (C=O) groups excluding carboxylic acids is 5. The second kappa shape index (κ2) is 29.0. The number of benzene rings is 4. The first-order valence-corrected chi connectivity index (χ1v) is 27.8. The van der Waals surface area contributed by atoms with Crippen molar-refractivity contribution >= 4 is 45.3 Å². The van der Waals surface area contributed by atoms with Crippen LogP contribution in [0.15, 0.2) is 102 Å². The maximum absolute atomic E-state index is 14.1. The highest BCUT2D eigenvalue weighted by molar-refractivity contribution is 7.89. The van der Waals surface area contributed by atoms with Crippen LogP contribution in [-0.4, -0.2) is 141 Å². The molecule has 0 radical (unpaired) electrons. The molecule has 4 amide bonds. The number of nitrogens with one attached hydrogen (secondary N) is 2. The van der Waals surface area contributed by atoms with Gasteiger partial charge < -0.3 is 44.5 Å². The Hall–Kier alpha value is -7.10. The number of ketones is 1. The van der Waals surface area contributed by atoms with Gasteiger partial charge >= 0.3 is 12.0 Å². The molecule has 1 aliphatic rings. The Morgan fingerprint density at radius 1 is 0.897 bits per heavy atom. The number of hydrogen-bond acceptors (Lipinski definition) is 14. The number of hydrogen-bond donors (Lipinski definition) is 3. The van der Waals surface area contributed by atoms with E-state index in [9.17, 15) is 47.6 Å². The SMILES string of the molecule is CCC(C)(C)C(=O)C(=O)N1CCCC[C@H]1C(=O)O[C@H](CCc1ccc(OC)c(OC)c1)c1cccc(OCCNC(=O)CCN(C)C(=O)N[C@@H](Cc2ccccc2)[C@H](O)CN(CC(C)C)S(=O)(=O)c2ccc([N+](=O)[O-])cc2)c1. The number of rotatable bonds is 29. The van der Waals surface area contributed by atoms with Crippen molar-refractivity contribution in [2.45, 2.75) is 115 Å². The van der Waals surface area contributed by atoms with Crippen LogP contribution in [-0.2, 0) is 46.8 Å². The molecule has 5 rings (SSSR count). The number of non-ortho nitro benzene ring substituents is 1. The Bertz CT molecular complexity index is 2780. The number of nitro groups is 1. The van der Waals surface area contributed by atoms with Crippen LogP contribution in [0.2, 0.25) is 0 Å². The van der Waals surface area contributed by atoms with Gasteiger partial charge in [0.2, 0.25) is 21.7 Å². The first-order chi connectivity index (χ1) is 37.1. The van der Waals surface area contributed by atoms with Crippen LogP contribution in [0.25, 0.3) is 0 Å². The summed E-state index contributed by atoms with van der Waals surface area (Å²) in [4.78, 5) is 80.8. The van der Waals surface area contributed by atoms with Crippen molar-refractivity contribution in [1.29, 1.82) is 0 Å². The van der Waals surface area contributed by atoms with Gasteiger partial charge in [0, 0.05) is 57.2 Å². The van der Waals surface area contributed by atoms with Gasteiger partial charge in [0.05, 0.1) is 42.7 Å². The fourth-order valence-electron chi connectivity index (χ4n) is 8.79. The van der Waals surface area contributed by atoms with Gasteiger partial charge in [-0.1, -0.05) is 83.1 Å². The number of nitrogens with zero attached hydrogens (tertiary/aromatic N) is 4. The zero-order chi connectivity index (χ0) is 57.2. The zero-order valence-electron chi connectivity index (χ0n) is 46.0. The second-order valence-corrected chi connectivity index (χ2v) is 22.4. The van der Waals surface area contributed by atoms with Gasteiger partial charge in [0.15, 0.2) is 11.5 Å². The van der Waals surface area contributed by atoms with Crippen molar-refractivity contribution in [1.82, 2.24) is 24.7 Å². The smallest absolute Gasteiger partial charge is 0.329 e. The van der Waals surface area contributed by atoms with Crippen LogP contribution in [0.4, 0.5) is 10.5 Å². The number of sulfonamides is 1. The molecule has 0 bridgehead atoms. The summed E-state index contributed by atoms with van der Waals surface area (Å²) in [6.07, 6.45) is 0.851. The van der Waals surface area contributed by atoms with Gasteiger partial charge in [0.25, 0.3) is 11.6 Å². The van der Waals surface area contributed by atoms with E-state index in [1.807, 2.05) is 57.2 Å². The number of urea groups is 1. The molecule has 1 heterocycles. The molecule has 0 saturated carbocycles. The molecule has 0 aliphatic carbocycles. The molecule has 1 aliphatic heterocycles. The highest BCUT2D eigenvalue weighted by Gasteiger charge is 2.41. The molecule has 4 aromatic rings. The standard InChI is InChI=1S/C57H76N6O14S/c1-9-57(4,5)53(66)54(67)62-31-14-13-20-47(62)55(68)77-49(27-21-41-22-28-50(74-7)51(35-41)75-8)42-18-15-19-44(36-42)76-33-30-58-52(65)29-32-60(6)56(69)59-46(34-40-16-11-10-12-17-40)48(64)38-61(37-39(2)3)78(72,73)45-25-23-43(24-26-45)63(70)71/h10-12,15-19,22-26,28,35-36,39,46-49,64H,9,13-14,20-21,27,29-34,37-38H2,1-8H3,(H,58,65)(H,59,69)/t46-,47-,48+,49+/m0/s1. The van der Waals surface area contributed by atoms with Crippen LogP contribution in [0.1, 0.15) is 95.9 Å². The molecule has 21 heteroatoms. The number of aliphatic hydroxyl groups excluding tert-OH is 1. The van der Waals surface area contributed by atoms with Crippen molar-refractivity contribution in [3.05, 3.63) is 124 Å². The van der Waals surface area contributed by atoms with Crippen LogP contribution < -0.4 is 24.8 Å². The number of aryl methyl sites for hydroxylation is 1. The van der Waals surface area contributed by atoms with Gasteiger partial charge in [-0.2, -0.15) is 4.31 Å². The maximum atomic E-state index is 14.1. The lowest BCUT2D eigenvalue weighted by Crippen LogP contribution is -2.53. The number of likely N-dealkylation sites (tertiary alicyclic amines) is 1. The van der Waals surface area contributed by atoms with Crippen LogP contribution in [0.3, 0.4) is 0 Å². The van der Waals surface area contributed by atoms with E-state index in [1.54, 1.807) is 64.5 Å². The van der Waals surface area contributed by atoms with E-state index in [4.69, 9.17) is 18.9 Å². The van der Waals surface area contributed by atoms with Crippen molar-refractivity contribution in [3.8, 4) is 17.2 Å². The maximum Gasteiger partial charge on any atom is 0.329 e. The summed E-state index contributed by atoms with van der Waals surface area (Å²) < 4.78 is 52.1. The van der Waals surface area contributed by atoms with E-state index >= 15 is 0 Å². The molecule has 0 aromatic heterocycles. The molecular weight excluding hydrogens is 1020 g/mol. The van der Waals surface area contributed by atoms with Gasteiger partial charge in [-0.15, -0.1) is 0 Å². The molecule has 20 nitrogen and oxygen atoms in total. The summed E-state index contributed by atoms with van der Waals surface area (Å²) in [6, 6.07) is 23.6. The monoisotopic (exact) mass is 1100 g/mol. The van der Waals surface area contributed by atoms with Gasteiger partial charge in [-0.3, -0.25) is 24.5 Å². The number of ether oxygens (including phenoxy) is 4. The molecule has 3 N–H and O–H groups in total. The lowest BCUT2D eigenvalue weighted by Gasteiger charge is -2.36. The number of esters is 1. The second-order valence-electron chi connectivity index (χ2n) is 20.5. The Morgan fingerprint density at radius 3 is 2.26 bits per heavy atom. The lowest BCUT2D eigenvalue weighted by atomic mass is 9.84. The van der Waals surface area contributed by atoms with Crippen molar-refractivity contribution in [3.63, 3.8) is 0 Å². The van der Waals surface area contributed by atoms with Gasteiger partial charge in [-0.25, -0.2) is 18.0 Å². The number of amides is 4. The number of piperidine rings is 1. The van der Waals surface area contributed by atoms with E-state index in [2.05, 4.69) is 10.6 Å². The highest BCUT2D eigenvalue weighted by Crippen LogP contribution is 2.33. The predicted molar refractivity (Wildman–Crippen MR) is 292 cm³/mol. The third-order valence-electron chi connectivity index (χ3n) is 13.8. The Morgan fingerprint density at radius 2 is 1.60 bits per heavy atom. The topological polar surface area (TPSA) is 254 Å². The molecule has 424 valence electrons. The quantitative estimate of drug-likeness (QED) is 0.0162. The zero-order valence-corrected chi connectivity index (χ0v) is 46.8. The largest absolute Gasteiger partial charge is 0.493 e. The molecule has 1 saturated heterocycles. The number of Topliss-reactive ketones (excluding diaryl/α,β-unsaturated/α-hetero) is 1. The molecule has 0 unspecified atom stereocenters. The molecule has 0 spiro atoms. The third kappa shape index (κ3) is 17.5. The number of nitro benzene ring substituents is 1. The molecular formula is C57H76N6O14S. The fourth-order valence-corrected chi connectivity index (χ4v) is 10.4.